The zero-order chi connectivity index (χ0) is 25.0. The lowest BCUT2D eigenvalue weighted by Crippen LogP contribution is -2.43. The number of nitrogens with one attached hydrogen (secondary N) is 1. The molecule has 0 fully saturated rings. The lowest BCUT2D eigenvalue weighted by molar-refractivity contribution is -0.139. The summed E-state index contributed by atoms with van der Waals surface area (Å²) in [5.41, 5.74) is 3.51. The molecule has 1 aliphatic heterocycles. The first kappa shape index (κ1) is 25.7. The molecule has 1 aromatic heterocycles. The van der Waals surface area contributed by atoms with Gasteiger partial charge in [-0.3, -0.25) is 14.4 Å². The number of likely N-dealkylation sites (N-methyl/N-ethyl adjacent to an activating group) is 1. The summed E-state index contributed by atoms with van der Waals surface area (Å²) in [6.45, 7) is 9.13. The maximum Gasteiger partial charge on any atom is 0.251 e. The SMILES string of the molecule is CC1=C(C(=O)N(C)C)CC(CC(=O)NCc2cccs2)C(=O)N1Cc1ccc(C(C)(C)C)cc1. The van der Waals surface area contributed by atoms with E-state index in [1.165, 1.54) is 10.5 Å². The molecule has 1 atom stereocenters. The highest BCUT2D eigenvalue weighted by atomic mass is 32.1. The van der Waals surface area contributed by atoms with Crippen LogP contribution in [0.15, 0.2) is 53.0 Å². The second-order valence-electron chi connectivity index (χ2n) is 10.1. The smallest absolute Gasteiger partial charge is 0.251 e. The van der Waals surface area contributed by atoms with E-state index in [1.54, 1.807) is 30.3 Å². The number of carbonyl (C=O) groups excluding carboxylic acids is 3. The molecule has 3 rings (SSSR count). The first-order chi connectivity index (χ1) is 16.0. The van der Waals surface area contributed by atoms with E-state index in [9.17, 15) is 14.4 Å². The molecule has 2 aromatic rings. The van der Waals surface area contributed by atoms with Gasteiger partial charge in [-0.15, -0.1) is 11.3 Å². The van der Waals surface area contributed by atoms with Crippen LogP contribution in [0.1, 0.15) is 56.5 Å². The molecule has 7 heteroatoms. The molecule has 1 N–H and O–H groups in total. The summed E-state index contributed by atoms with van der Waals surface area (Å²) < 4.78 is 0. The Labute approximate surface area is 206 Å². The molecule has 34 heavy (non-hydrogen) atoms. The van der Waals surface area contributed by atoms with Crippen molar-refractivity contribution in [3.05, 3.63) is 69.1 Å². The standard InChI is InChI=1S/C27H35N3O3S/c1-18-23(26(33)29(5)6)14-20(15-24(31)28-16-22-8-7-13-34-22)25(32)30(18)17-19-9-11-21(12-10-19)27(2,3)4/h7-13,20H,14-17H2,1-6H3,(H,28,31). The number of benzene rings is 1. The van der Waals surface area contributed by atoms with Crippen LogP contribution < -0.4 is 5.32 Å². The minimum atomic E-state index is -0.570. The molecule has 3 amide bonds. The van der Waals surface area contributed by atoms with Crippen LogP contribution in [0.2, 0.25) is 0 Å². The molecule has 0 saturated heterocycles. The second-order valence-corrected chi connectivity index (χ2v) is 11.1. The van der Waals surface area contributed by atoms with E-state index in [0.717, 1.165) is 10.4 Å². The average molecular weight is 482 g/mol. The van der Waals surface area contributed by atoms with E-state index in [-0.39, 0.29) is 36.0 Å². The van der Waals surface area contributed by atoms with Crippen molar-refractivity contribution in [3.63, 3.8) is 0 Å². The highest BCUT2D eigenvalue weighted by Crippen LogP contribution is 2.32. The van der Waals surface area contributed by atoms with Gasteiger partial charge >= 0.3 is 0 Å². The lowest BCUT2D eigenvalue weighted by atomic mass is 9.86. The van der Waals surface area contributed by atoms with Gasteiger partial charge in [0.1, 0.15) is 0 Å². The first-order valence-electron chi connectivity index (χ1n) is 11.6. The fourth-order valence-corrected chi connectivity index (χ4v) is 4.73. The Kier molecular flexibility index (Phi) is 7.97. The Bertz CT molecular complexity index is 1060. The Morgan fingerprint density at radius 1 is 1.15 bits per heavy atom. The van der Waals surface area contributed by atoms with Crippen molar-refractivity contribution in [2.45, 2.75) is 59.0 Å². The summed E-state index contributed by atoms with van der Waals surface area (Å²) in [7, 11) is 3.41. The molecular formula is C27H35N3O3S. The van der Waals surface area contributed by atoms with Crippen molar-refractivity contribution in [1.29, 1.82) is 0 Å². The monoisotopic (exact) mass is 481 g/mol. The predicted octanol–water partition coefficient (Wildman–Crippen LogP) is 4.46. The van der Waals surface area contributed by atoms with Crippen LogP contribution in [-0.4, -0.2) is 41.6 Å². The third-order valence-electron chi connectivity index (χ3n) is 6.20. The number of hydrogen-bond acceptors (Lipinski definition) is 4. The fourth-order valence-electron chi connectivity index (χ4n) is 4.09. The Morgan fingerprint density at radius 3 is 2.38 bits per heavy atom. The van der Waals surface area contributed by atoms with Gasteiger partial charge < -0.3 is 15.1 Å². The Balaban J connectivity index is 1.81. The molecular weight excluding hydrogens is 446 g/mol. The van der Waals surface area contributed by atoms with Crippen LogP contribution >= 0.6 is 11.3 Å². The molecule has 0 bridgehead atoms. The van der Waals surface area contributed by atoms with Gasteiger partial charge in [-0.1, -0.05) is 51.1 Å². The second kappa shape index (κ2) is 10.6. The number of allylic oxidation sites excluding steroid dienone is 1. The van der Waals surface area contributed by atoms with Gasteiger partial charge in [0.15, 0.2) is 0 Å². The van der Waals surface area contributed by atoms with E-state index in [4.69, 9.17) is 0 Å². The largest absolute Gasteiger partial charge is 0.351 e. The molecule has 2 heterocycles. The lowest BCUT2D eigenvalue weighted by Gasteiger charge is -2.35. The molecule has 0 radical (unpaired) electrons. The maximum absolute atomic E-state index is 13.5. The van der Waals surface area contributed by atoms with E-state index in [2.05, 4.69) is 38.2 Å². The molecule has 6 nitrogen and oxygen atoms in total. The highest BCUT2D eigenvalue weighted by molar-refractivity contribution is 7.09. The van der Waals surface area contributed by atoms with Crippen LogP contribution in [-0.2, 0) is 32.9 Å². The topological polar surface area (TPSA) is 69.7 Å². The Hall–Kier alpha value is -2.93. The zero-order valence-corrected chi connectivity index (χ0v) is 21.8. The van der Waals surface area contributed by atoms with Crippen LogP contribution in [0.25, 0.3) is 0 Å². The van der Waals surface area contributed by atoms with Crippen molar-refractivity contribution in [2.24, 2.45) is 5.92 Å². The van der Waals surface area contributed by atoms with Crippen LogP contribution in [0, 0.1) is 5.92 Å². The Morgan fingerprint density at radius 2 is 1.82 bits per heavy atom. The average Bonchev–Trinajstić information content (AvgIpc) is 3.30. The number of carbonyl (C=O) groups is 3. The van der Waals surface area contributed by atoms with Crippen LogP contribution in [0.5, 0.6) is 0 Å². The van der Waals surface area contributed by atoms with Crippen molar-refractivity contribution in [2.75, 3.05) is 14.1 Å². The third kappa shape index (κ3) is 6.14. The molecule has 1 aromatic carbocycles. The highest BCUT2D eigenvalue weighted by Gasteiger charge is 2.37. The van der Waals surface area contributed by atoms with Crippen molar-refractivity contribution >= 4 is 29.1 Å². The van der Waals surface area contributed by atoms with E-state index in [1.807, 2.05) is 36.6 Å². The summed E-state index contributed by atoms with van der Waals surface area (Å²) in [6.07, 6.45) is 0.328. The third-order valence-corrected chi connectivity index (χ3v) is 7.08. The molecule has 0 saturated carbocycles. The van der Waals surface area contributed by atoms with Gasteiger partial charge in [-0.2, -0.15) is 0 Å². The zero-order valence-electron chi connectivity index (χ0n) is 21.0. The summed E-state index contributed by atoms with van der Waals surface area (Å²) in [5.74, 6) is -0.988. The van der Waals surface area contributed by atoms with E-state index in [0.29, 0.717) is 24.4 Å². The van der Waals surface area contributed by atoms with Crippen molar-refractivity contribution < 1.29 is 14.4 Å². The normalized spacial score (nSPS) is 16.6. The van der Waals surface area contributed by atoms with Gasteiger partial charge in [0, 0.05) is 36.7 Å². The first-order valence-corrected chi connectivity index (χ1v) is 12.5. The minimum absolute atomic E-state index is 0.0438. The van der Waals surface area contributed by atoms with Gasteiger partial charge in [-0.05, 0) is 41.3 Å². The van der Waals surface area contributed by atoms with E-state index < -0.39 is 5.92 Å². The van der Waals surface area contributed by atoms with Crippen molar-refractivity contribution in [3.8, 4) is 0 Å². The number of hydrogen-bond donors (Lipinski definition) is 1. The maximum atomic E-state index is 13.5. The summed E-state index contributed by atoms with van der Waals surface area (Å²) >= 11 is 1.58. The molecule has 182 valence electrons. The van der Waals surface area contributed by atoms with E-state index >= 15 is 0 Å². The van der Waals surface area contributed by atoms with Crippen LogP contribution in [0.4, 0.5) is 0 Å². The van der Waals surface area contributed by atoms with Gasteiger partial charge in [-0.25, -0.2) is 0 Å². The summed E-state index contributed by atoms with van der Waals surface area (Å²) in [5, 5.41) is 4.87. The number of nitrogens with zero attached hydrogens (tertiary/aromatic N) is 2. The van der Waals surface area contributed by atoms with Gasteiger partial charge in [0.05, 0.1) is 19.0 Å². The molecule has 0 spiro atoms. The minimum Gasteiger partial charge on any atom is -0.351 e. The molecule has 0 aliphatic carbocycles. The number of thiophene rings is 1. The number of amides is 3. The molecule has 1 aliphatic rings. The molecule has 1 unspecified atom stereocenters. The quantitative estimate of drug-likeness (QED) is 0.635. The summed E-state index contributed by atoms with van der Waals surface area (Å²) in [6, 6.07) is 12.1. The number of rotatable bonds is 7. The van der Waals surface area contributed by atoms with Gasteiger partial charge in [0.25, 0.3) is 5.91 Å². The fraction of sp³-hybridized carbons (Fsp3) is 0.444. The van der Waals surface area contributed by atoms with Gasteiger partial charge in [0.2, 0.25) is 11.8 Å². The van der Waals surface area contributed by atoms with Crippen molar-refractivity contribution in [1.82, 2.24) is 15.1 Å². The summed E-state index contributed by atoms with van der Waals surface area (Å²) in [4.78, 5) is 43.3. The predicted molar refractivity (Wildman–Crippen MR) is 136 cm³/mol. The van der Waals surface area contributed by atoms with Crippen LogP contribution in [0.3, 0.4) is 0 Å².